The Morgan fingerprint density at radius 3 is 1.38 bits per heavy atom. The predicted octanol–water partition coefficient (Wildman–Crippen LogP) is 10.1. The number of fused-ring (bicyclic) bond motifs is 4. The number of hydrogen-bond acceptors (Lipinski definition) is 10. The molecule has 0 saturated carbocycles. The predicted molar refractivity (Wildman–Crippen MR) is 234 cm³/mol. The van der Waals surface area contributed by atoms with Gasteiger partial charge >= 0.3 is 0 Å². The van der Waals surface area contributed by atoms with Crippen LogP contribution < -0.4 is 21.3 Å². The van der Waals surface area contributed by atoms with Crippen LogP contribution in [0.15, 0.2) is 133 Å². The molecule has 0 spiro atoms. The van der Waals surface area contributed by atoms with Crippen LogP contribution in [-0.2, 0) is 0 Å². The summed E-state index contributed by atoms with van der Waals surface area (Å²) in [5, 5.41) is 39.9. The van der Waals surface area contributed by atoms with Gasteiger partial charge in [0.05, 0.1) is 43.3 Å². The molecule has 1 atom stereocenters. The van der Waals surface area contributed by atoms with E-state index < -0.39 is 21.7 Å². The molecule has 2 amide bonds. The Hall–Kier alpha value is -8.00. The number of hydrogen-bond donors (Lipinski definition) is 4. The topological polar surface area (TPSA) is 194 Å². The molecule has 0 fully saturated rings. The zero-order valence-electron chi connectivity index (χ0n) is 32.3. The van der Waals surface area contributed by atoms with Gasteiger partial charge in [0, 0.05) is 57.4 Å². The maximum atomic E-state index is 13.2. The maximum absolute atomic E-state index is 13.2. The van der Waals surface area contributed by atoms with Crippen LogP contribution in [0.1, 0.15) is 46.9 Å². The van der Waals surface area contributed by atoms with Crippen LogP contribution in [0.4, 0.5) is 34.1 Å². The standard InChI is InChI=1S/C46H38N8O6/c1-28(48-46(56)30-22-24-40(42(27-30)54(59)60)52-44-33-15-4-8-19-37(33)50-38-20-9-5-16-34(38)44)12-10-11-25-47-45(55)29-21-23-39(41(26-29)53(57)58)51-43-31-13-2-6-17-35(31)49-36-18-7-3-14-32(36)43/h2-9,13-24,26-28H,10-12,25H2,1H3,(H,47,55)(H,48,56)(H,49,51)(H,50,52)/t28-/m1/s1. The number of amides is 2. The lowest BCUT2D eigenvalue weighted by atomic mass is 10.1. The Morgan fingerprint density at radius 2 is 0.967 bits per heavy atom. The lowest BCUT2D eigenvalue weighted by Gasteiger charge is -2.16. The molecule has 60 heavy (non-hydrogen) atoms. The largest absolute Gasteiger partial charge is 0.352 e. The van der Waals surface area contributed by atoms with Crippen LogP contribution in [0.5, 0.6) is 0 Å². The smallest absolute Gasteiger partial charge is 0.293 e. The number of anilines is 4. The van der Waals surface area contributed by atoms with Crippen molar-refractivity contribution < 1.29 is 19.4 Å². The lowest BCUT2D eigenvalue weighted by Crippen LogP contribution is -2.32. The first-order chi connectivity index (χ1) is 29.1. The quantitative estimate of drug-likeness (QED) is 0.0356. The number of nitro benzene ring substituents is 2. The number of nitrogens with zero attached hydrogens (tertiary/aromatic N) is 4. The number of nitro groups is 2. The number of carbonyl (C=O) groups is 2. The van der Waals surface area contributed by atoms with Gasteiger partial charge in [-0.15, -0.1) is 0 Å². The number of aromatic nitrogens is 2. The summed E-state index contributed by atoms with van der Waals surface area (Å²) in [7, 11) is 0. The molecule has 14 nitrogen and oxygen atoms in total. The van der Waals surface area contributed by atoms with Crippen molar-refractivity contribution in [2.45, 2.75) is 32.2 Å². The summed E-state index contributed by atoms with van der Waals surface area (Å²) in [5.41, 5.74) is 4.60. The molecule has 2 heterocycles. The van der Waals surface area contributed by atoms with E-state index in [0.717, 1.165) is 43.6 Å². The van der Waals surface area contributed by atoms with Gasteiger partial charge in [-0.05, 0) is 74.7 Å². The Bertz CT molecular complexity index is 2880. The van der Waals surface area contributed by atoms with Gasteiger partial charge < -0.3 is 21.3 Å². The van der Waals surface area contributed by atoms with Crippen molar-refractivity contribution in [3.05, 3.63) is 165 Å². The highest BCUT2D eigenvalue weighted by Crippen LogP contribution is 2.38. The summed E-state index contributed by atoms with van der Waals surface area (Å²) in [6.45, 7) is 2.15. The van der Waals surface area contributed by atoms with Crippen molar-refractivity contribution in [3.63, 3.8) is 0 Å². The van der Waals surface area contributed by atoms with Crippen LogP contribution in [0.25, 0.3) is 43.6 Å². The number of pyridine rings is 2. The van der Waals surface area contributed by atoms with E-state index in [9.17, 15) is 29.8 Å². The second kappa shape index (κ2) is 16.8. The number of para-hydroxylation sites is 4. The average molecular weight is 799 g/mol. The zero-order chi connectivity index (χ0) is 41.8. The van der Waals surface area contributed by atoms with Crippen molar-refractivity contribution in [1.82, 2.24) is 20.6 Å². The molecule has 0 radical (unpaired) electrons. The summed E-state index contributed by atoms with van der Waals surface area (Å²) in [6, 6.07) is 38.6. The second-order valence-electron chi connectivity index (χ2n) is 14.4. The molecule has 298 valence electrons. The number of benzene rings is 6. The van der Waals surface area contributed by atoms with Crippen molar-refractivity contribution in [1.29, 1.82) is 0 Å². The van der Waals surface area contributed by atoms with E-state index in [1.807, 2.05) is 104 Å². The molecular formula is C46H38N8O6. The van der Waals surface area contributed by atoms with Crippen molar-refractivity contribution in [3.8, 4) is 0 Å². The molecule has 0 bridgehead atoms. The minimum Gasteiger partial charge on any atom is -0.352 e. The molecule has 0 aliphatic carbocycles. The molecule has 6 aromatic carbocycles. The number of rotatable bonds is 14. The molecular weight excluding hydrogens is 761 g/mol. The van der Waals surface area contributed by atoms with E-state index in [0.29, 0.717) is 37.2 Å². The third kappa shape index (κ3) is 8.07. The molecule has 4 N–H and O–H groups in total. The Labute approximate surface area is 343 Å². The Balaban J connectivity index is 0.865. The van der Waals surface area contributed by atoms with E-state index in [2.05, 4.69) is 21.3 Å². The molecule has 0 aliphatic heterocycles. The normalized spacial score (nSPS) is 11.7. The second-order valence-corrected chi connectivity index (χ2v) is 14.4. The fraction of sp³-hybridized carbons (Fsp3) is 0.130. The van der Waals surface area contributed by atoms with E-state index in [4.69, 9.17) is 9.97 Å². The molecule has 14 heteroatoms. The van der Waals surface area contributed by atoms with Crippen molar-refractivity contribution >= 4 is 89.6 Å². The molecule has 0 saturated heterocycles. The van der Waals surface area contributed by atoms with Gasteiger partial charge in [0.2, 0.25) is 0 Å². The Morgan fingerprint density at radius 1 is 0.567 bits per heavy atom. The van der Waals surface area contributed by atoms with E-state index in [-0.39, 0.29) is 39.9 Å². The first kappa shape index (κ1) is 38.9. The SMILES string of the molecule is C[C@H](CCCCNC(=O)c1ccc(Nc2c3ccccc3nc3ccccc23)c([N+](=O)[O-])c1)NC(=O)c1ccc(Nc2c3ccccc3nc3ccccc23)c([N+](=O)[O-])c1. The molecule has 2 aromatic heterocycles. The van der Waals surface area contributed by atoms with Gasteiger partial charge in [0.25, 0.3) is 23.2 Å². The van der Waals surface area contributed by atoms with Crippen molar-refractivity contribution in [2.24, 2.45) is 0 Å². The highest BCUT2D eigenvalue weighted by Gasteiger charge is 2.22. The van der Waals surface area contributed by atoms with E-state index in [1.165, 1.54) is 24.3 Å². The lowest BCUT2D eigenvalue weighted by molar-refractivity contribution is -0.384. The molecule has 8 aromatic rings. The first-order valence-electron chi connectivity index (χ1n) is 19.4. The van der Waals surface area contributed by atoms with Crippen LogP contribution in [-0.4, -0.2) is 44.2 Å². The first-order valence-corrected chi connectivity index (χ1v) is 19.4. The monoisotopic (exact) mass is 798 g/mol. The maximum Gasteiger partial charge on any atom is 0.293 e. The van der Waals surface area contributed by atoms with Crippen LogP contribution in [0.3, 0.4) is 0 Å². The summed E-state index contributed by atoms with van der Waals surface area (Å²) < 4.78 is 0. The Kier molecular flexibility index (Phi) is 10.9. The number of carbonyl (C=O) groups excluding carboxylic acids is 2. The van der Waals surface area contributed by atoms with Crippen LogP contribution in [0, 0.1) is 20.2 Å². The highest BCUT2D eigenvalue weighted by atomic mass is 16.6. The summed E-state index contributed by atoms with van der Waals surface area (Å²) in [4.78, 5) is 59.2. The number of nitrogens with one attached hydrogen (secondary N) is 4. The molecule has 8 rings (SSSR count). The summed E-state index contributed by atoms with van der Waals surface area (Å²) in [6.07, 6.45) is 1.81. The third-order valence-electron chi connectivity index (χ3n) is 10.3. The highest BCUT2D eigenvalue weighted by molar-refractivity contribution is 6.10. The molecule has 0 aliphatic rings. The minimum atomic E-state index is -0.518. The van der Waals surface area contributed by atoms with Gasteiger partial charge in [-0.1, -0.05) is 72.8 Å². The van der Waals surface area contributed by atoms with Gasteiger partial charge in [-0.3, -0.25) is 29.8 Å². The fourth-order valence-electron chi connectivity index (χ4n) is 7.34. The van der Waals surface area contributed by atoms with E-state index >= 15 is 0 Å². The van der Waals surface area contributed by atoms with Gasteiger partial charge in [0.15, 0.2) is 0 Å². The van der Waals surface area contributed by atoms with Crippen LogP contribution in [0.2, 0.25) is 0 Å². The van der Waals surface area contributed by atoms with Gasteiger partial charge in [-0.2, -0.15) is 0 Å². The summed E-state index contributed by atoms with van der Waals surface area (Å²) in [5.74, 6) is -0.897. The third-order valence-corrected chi connectivity index (χ3v) is 10.3. The molecule has 0 unspecified atom stereocenters. The average Bonchev–Trinajstić information content (AvgIpc) is 3.26. The van der Waals surface area contributed by atoms with Gasteiger partial charge in [0.1, 0.15) is 11.4 Å². The van der Waals surface area contributed by atoms with Crippen LogP contribution >= 0.6 is 0 Å². The fourth-order valence-corrected chi connectivity index (χ4v) is 7.34. The van der Waals surface area contributed by atoms with Gasteiger partial charge in [-0.25, -0.2) is 9.97 Å². The van der Waals surface area contributed by atoms with E-state index in [1.54, 1.807) is 12.1 Å². The number of unbranched alkanes of at least 4 members (excludes halogenated alkanes) is 1. The zero-order valence-corrected chi connectivity index (χ0v) is 32.3. The van der Waals surface area contributed by atoms with Crippen molar-refractivity contribution in [2.75, 3.05) is 17.2 Å². The minimum absolute atomic E-state index is 0.147. The summed E-state index contributed by atoms with van der Waals surface area (Å²) >= 11 is 0.